The van der Waals surface area contributed by atoms with Crippen molar-refractivity contribution in [2.45, 2.75) is 44.8 Å². The van der Waals surface area contributed by atoms with Crippen LogP contribution in [0.1, 0.15) is 31.2 Å². The van der Waals surface area contributed by atoms with Crippen molar-refractivity contribution in [3.8, 4) is 0 Å². The third-order valence-corrected chi connectivity index (χ3v) is 4.01. The second-order valence-electron chi connectivity index (χ2n) is 5.76. The summed E-state index contributed by atoms with van der Waals surface area (Å²) in [6, 6.07) is 9.80. The van der Waals surface area contributed by atoms with Crippen LogP contribution in [-0.4, -0.2) is 24.3 Å². The molecule has 1 N–H and O–H groups in total. The van der Waals surface area contributed by atoms with E-state index in [-0.39, 0.29) is 0 Å². The molecule has 1 saturated carbocycles. The molecule has 2 aromatic rings. The SMILES string of the molecule is COCCCCn1ccc2ccc(CNC3CC3)cc21. The molecule has 20 heavy (non-hydrogen) atoms. The number of benzene rings is 1. The van der Waals surface area contributed by atoms with E-state index in [1.54, 1.807) is 7.11 Å². The molecule has 1 aromatic carbocycles. The van der Waals surface area contributed by atoms with Crippen molar-refractivity contribution in [2.24, 2.45) is 0 Å². The van der Waals surface area contributed by atoms with Gasteiger partial charge >= 0.3 is 0 Å². The molecule has 0 unspecified atom stereocenters. The second-order valence-corrected chi connectivity index (χ2v) is 5.76. The average molecular weight is 272 g/mol. The van der Waals surface area contributed by atoms with Gasteiger partial charge in [-0.25, -0.2) is 0 Å². The molecule has 1 heterocycles. The molecule has 3 rings (SSSR count). The lowest BCUT2D eigenvalue weighted by molar-refractivity contribution is 0.191. The van der Waals surface area contributed by atoms with Crippen LogP contribution >= 0.6 is 0 Å². The van der Waals surface area contributed by atoms with Crippen molar-refractivity contribution in [3.05, 3.63) is 36.0 Å². The van der Waals surface area contributed by atoms with E-state index < -0.39 is 0 Å². The van der Waals surface area contributed by atoms with Crippen molar-refractivity contribution in [3.63, 3.8) is 0 Å². The van der Waals surface area contributed by atoms with Crippen LogP contribution in [0.5, 0.6) is 0 Å². The minimum Gasteiger partial charge on any atom is -0.385 e. The molecule has 108 valence electrons. The van der Waals surface area contributed by atoms with Crippen LogP contribution in [0.15, 0.2) is 30.5 Å². The molecular formula is C17H24N2O. The Labute approximate surface area is 120 Å². The van der Waals surface area contributed by atoms with Crippen molar-refractivity contribution in [1.82, 2.24) is 9.88 Å². The lowest BCUT2D eigenvalue weighted by Crippen LogP contribution is -2.15. The molecule has 0 radical (unpaired) electrons. The zero-order valence-electron chi connectivity index (χ0n) is 12.3. The number of fused-ring (bicyclic) bond motifs is 1. The Morgan fingerprint density at radius 2 is 2.15 bits per heavy atom. The molecule has 3 nitrogen and oxygen atoms in total. The lowest BCUT2D eigenvalue weighted by Gasteiger charge is -2.08. The van der Waals surface area contributed by atoms with Crippen molar-refractivity contribution in [2.75, 3.05) is 13.7 Å². The van der Waals surface area contributed by atoms with Crippen LogP contribution in [-0.2, 0) is 17.8 Å². The van der Waals surface area contributed by atoms with E-state index in [0.717, 1.165) is 32.2 Å². The molecule has 1 aliphatic carbocycles. The van der Waals surface area contributed by atoms with Crippen LogP contribution in [0, 0.1) is 0 Å². The number of ether oxygens (including phenoxy) is 1. The van der Waals surface area contributed by atoms with E-state index in [1.807, 2.05) is 0 Å². The highest BCUT2D eigenvalue weighted by molar-refractivity contribution is 5.80. The predicted octanol–water partition coefficient (Wildman–Crippen LogP) is 3.32. The van der Waals surface area contributed by atoms with Gasteiger partial charge in [-0.05, 0) is 48.8 Å². The number of nitrogens with zero attached hydrogens (tertiary/aromatic N) is 1. The number of aryl methyl sites for hydroxylation is 1. The molecule has 1 aromatic heterocycles. The fraction of sp³-hybridized carbons (Fsp3) is 0.529. The summed E-state index contributed by atoms with van der Waals surface area (Å²) >= 11 is 0. The smallest absolute Gasteiger partial charge is 0.0483 e. The first-order chi connectivity index (χ1) is 9.86. The van der Waals surface area contributed by atoms with Gasteiger partial charge in [0.1, 0.15) is 0 Å². The minimum atomic E-state index is 0.770. The molecule has 0 saturated heterocycles. The Hall–Kier alpha value is -1.32. The Balaban J connectivity index is 1.66. The van der Waals surface area contributed by atoms with Crippen LogP contribution in [0.3, 0.4) is 0 Å². The van der Waals surface area contributed by atoms with Gasteiger partial charge in [0.05, 0.1) is 0 Å². The summed E-state index contributed by atoms with van der Waals surface area (Å²) in [4.78, 5) is 0. The molecule has 0 aliphatic heterocycles. The van der Waals surface area contributed by atoms with Gasteiger partial charge in [-0.2, -0.15) is 0 Å². The minimum absolute atomic E-state index is 0.770. The molecule has 1 fully saturated rings. The van der Waals surface area contributed by atoms with Crippen LogP contribution in [0.4, 0.5) is 0 Å². The van der Waals surface area contributed by atoms with Gasteiger partial charge in [-0.3, -0.25) is 0 Å². The quantitative estimate of drug-likeness (QED) is 0.746. The zero-order chi connectivity index (χ0) is 13.8. The summed E-state index contributed by atoms with van der Waals surface area (Å²) in [5.41, 5.74) is 2.75. The molecule has 0 bridgehead atoms. The Bertz CT molecular complexity index is 557. The summed E-state index contributed by atoms with van der Waals surface area (Å²) in [6.45, 7) is 2.93. The van der Waals surface area contributed by atoms with Gasteiger partial charge in [0.25, 0.3) is 0 Å². The maximum Gasteiger partial charge on any atom is 0.0483 e. The summed E-state index contributed by atoms with van der Waals surface area (Å²) in [5, 5.41) is 4.92. The molecular weight excluding hydrogens is 248 g/mol. The van der Waals surface area contributed by atoms with E-state index in [0.29, 0.717) is 0 Å². The standard InChI is InChI=1S/C17H24N2O/c1-20-11-3-2-9-19-10-8-15-5-4-14(12-17(15)19)13-18-16-6-7-16/h4-5,8,10,12,16,18H,2-3,6-7,9,11,13H2,1H3. The average Bonchev–Trinajstić information content (AvgIpc) is 3.22. The van der Waals surface area contributed by atoms with Gasteiger partial charge in [-0.1, -0.05) is 12.1 Å². The largest absolute Gasteiger partial charge is 0.385 e. The summed E-state index contributed by atoms with van der Waals surface area (Å²) < 4.78 is 7.48. The molecule has 1 aliphatic rings. The monoisotopic (exact) mass is 272 g/mol. The number of hydrogen-bond donors (Lipinski definition) is 1. The van der Waals surface area contributed by atoms with E-state index in [2.05, 4.69) is 40.3 Å². The normalized spacial score (nSPS) is 15.1. The predicted molar refractivity (Wildman–Crippen MR) is 82.9 cm³/mol. The Kier molecular flexibility index (Phi) is 4.38. The van der Waals surface area contributed by atoms with E-state index in [1.165, 1.54) is 35.7 Å². The Morgan fingerprint density at radius 1 is 1.25 bits per heavy atom. The van der Waals surface area contributed by atoms with Gasteiger partial charge in [0, 0.05) is 44.6 Å². The van der Waals surface area contributed by atoms with Crippen LogP contribution in [0.25, 0.3) is 10.9 Å². The number of aromatic nitrogens is 1. The number of hydrogen-bond acceptors (Lipinski definition) is 2. The van der Waals surface area contributed by atoms with Gasteiger partial charge in [0.2, 0.25) is 0 Å². The highest BCUT2D eigenvalue weighted by Crippen LogP contribution is 2.21. The first-order valence-electron chi connectivity index (χ1n) is 7.67. The molecule has 0 spiro atoms. The van der Waals surface area contributed by atoms with Gasteiger partial charge < -0.3 is 14.6 Å². The number of methoxy groups -OCH3 is 1. The summed E-state index contributed by atoms with van der Waals surface area (Å²) in [7, 11) is 1.77. The Morgan fingerprint density at radius 3 is 2.95 bits per heavy atom. The van der Waals surface area contributed by atoms with E-state index in [4.69, 9.17) is 4.74 Å². The lowest BCUT2D eigenvalue weighted by atomic mass is 10.1. The highest BCUT2D eigenvalue weighted by Gasteiger charge is 2.19. The molecule has 3 heteroatoms. The zero-order valence-corrected chi connectivity index (χ0v) is 12.3. The number of unbranched alkanes of at least 4 members (excludes halogenated alkanes) is 1. The van der Waals surface area contributed by atoms with E-state index in [9.17, 15) is 0 Å². The fourth-order valence-corrected chi connectivity index (χ4v) is 2.61. The molecule has 0 atom stereocenters. The third kappa shape index (κ3) is 3.41. The third-order valence-electron chi connectivity index (χ3n) is 4.01. The van der Waals surface area contributed by atoms with Crippen molar-refractivity contribution >= 4 is 10.9 Å². The maximum atomic E-state index is 5.11. The molecule has 0 amide bonds. The summed E-state index contributed by atoms with van der Waals surface area (Å²) in [6.07, 6.45) is 7.19. The first kappa shape index (κ1) is 13.7. The van der Waals surface area contributed by atoms with Crippen LogP contribution in [0.2, 0.25) is 0 Å². The van der Waals surface area contributed by atoms with Crippen molar-refractivity contribution < 1.29 is 4.74 Å². The maximum absolute atomic E-state index is 5.11. The summed E-state index contributed by atoms with van der Waals surface area (Å²) in [5.74, 6) is 0. The van der Waals surface area contributed by atoms with Gasteiger partial charge in [0.15, 0.2) is 0 Å². The first-order valence-corrected chi connectivity index (χ1v) is 7.67. The van der Waals surface area contributed by atoms with Crippen molar-refractivity contribution in [1.29, 1.82) is 0 Å². The highest BCUT2D eigenvalue weighted by atomic mass is 16.5. The van der Waals surface area contributed by atoms with E-state index >= 15 is 0 Å². The fourth-order valence-electron chi connectivity index (χ4n) is 2.61. The number of nitrogens with one attached hydrogen (secondary N) is 1. The topological polar surface area (TPSA) is 26.2 Å². The second kappa shape index (κ2) is 6.42. The van der Waals surface area contributed by atoms with Crippen LogP contribution < -0.4 is 5.32 Å². The van der Waals surface area contributed by atoms with Gasteiger partial charge in [-0.15, -0.1) is 0 Å². The number of rotatable bonds is 8.